The van der Waals surface area contributed by atoms with E-state index in [1.165, 1.54) is 12.1 Å². The number of aromatic nitrogens is 2. The number of primary amides is 1. The number of halogens is 2. The molecule has 1 aromatic carbocycles. The zero-order valence-corrected chi connectivity index (χ0v) is 17.7. The minimum absolute atomic E-state index is 0.155. The van der Waals surface area contributed by atoms with Crippen molar-refractivity contribution in [1.29, 1.82) is 0 Å². The number of benzene rings is 1. The van der Waals surface area contributed by atoms with Gasteiger partial charge in [0.05, 0.1) is 11.2 Å². The van der Waals surface area contributed by atoms with Crippen LogP contribution in [0.4, 0.5) is 9.18 Å². The Hall–Kier alpha value is -2.93. The Labute approximate surface area is 179 Å². The number of carbonyl (C=O) groups excluding carboxylic acids is 1. The lowest BCUT2D eigenvalue weighted by Crippen LogP contribution is -2.45. The number of nitrogens with zero attached hydrogens (tertiary/aromatic N) is 2. The number of ether oxygens (including phenoxy) is 2. The van der Waals surface area contributed by atoms with Crippen LogP contribution in [-0.4, -0.2) is 27.8 Å². The Balaban J connectivity index is 1.91. The van der Waals surface area contributed by atoms with Gasteiger partial charge >= 0.3 is 6.09 Å². The summed E-state index contributed by atoms with van der Waals surface area (Å²) in [6.07, 6.45) is 1.56. The molecule has 8 heteroatoms. The van der Waals surface area contributed by atoms with Gasteiger partial charge in [0.15, 0.2) is 10.9 Å². The summed E-state index contributed by atoms with van der Waals surface area (Å²) in [5, 5.41) is 0.913. The van der Waals surface area contributed by atoms with Crippen molar-refractivity contribution >= 4 is 28.6 Å². The predicted molar refractivity (Wildman–Crippen MR) is 114 cm³/mol. The number of hydrogen-bond acceptors (Lipinski definition) is 5. The number of rotatable bonds is 7. The van der Waals surface area contributed by atoms with Gasteiger partial charge in [-0.15, -0.1) is 0 Å². The van der Waals surface area contributed by atoms with E-state index in [0.29, 0.717) is 23.4 Å². The van der Waals surface area contributed by atoms with Crippen LogP contribution in [0.15, 0.2) is 42.6 Å². The van der Waals surface area contributed by atoms with E-state index >= 15 is 0 Å². The number of carbonyl (C=O) groups is 1. The van der Waals surface area contributed by atoms with Crippen LogP contribution in [0.25, 0.3) is 22.2 Å². The summed E-state index contributed by atoms with van der Waals surface area (Å²) in [5.41, 5.74) is 6.22. The molecule has 0 fully saturated rings. The first kappa shape index (κ1) is 21.8. The van der Waals surface area contributed by atoms with E-state index < -0.39 is 17.8 Å². The van der Waals surface area contributed by atoms with Gasteiger partial charge in [0.25, 0.3) is 0 Å². The number of nitrogens with two attached hydrogens (primary N) is 1. The maximum atomic E-state index is 13.5. The van der Waals surface area contributed by atoms with Crippen molar-refractivity contribution in [2.75, 3.05) is 0 Å². The number of amides is 1. The summed E-state index contributed by atoms with van der Waals surface area (Å²) in [5.74, 6) is -0.00655. The second kappa shape index (κ2) is 8.83. The van der Waals surface area contributed by atoms with E-state index in [0.717, 1.165) is 17.4 Å². The first-order valence-corrected chi connectivity index (χ1v) is 9.95. The third kappa shape index (κ3) is 4.79. The third-order valence-corrected chi connectivity index (χ3v) is 5.02. The maximum Gasteiger partial charge on any atom is 0.404 e. The quantitative estimate of drug-likeness (QED) is 0.498. The van der Waals surface area contributed by atoms with Crippen LogP contribution in [0.5, 0.6) is 5.75 Å². The van der Waals surface area contributed by atoms with E-state index in [4.69, 9.17) is 26.8 Å². The summed E-state index contributed by atoms with van der Waals surface area (Å²) in [7, 11) is 0. The molecular formula is C22H23ClFN3O3. The molecule has 2 N–H and O–H groups in total. The van der Waals surface area contributed by atoms with E-state index in [9.17, 15) is 9.18 Å². The van der Waals surface area contributed by atoms with Crippen LogP contribution in [0.3, 0.4) is 0 Å². The van der Waals surface area contributed by atoms with Crippen LogP contribution < -0.4 is 10.5 Å². The first-order chi connectivity index (χ1) is 14.2. The van der Waals surface area contributed by atoms with Gasteiger partial charge < -0.3 is 15.2 Å². The predicted octanol–water partition coefficient (Wildman–Crippen LogP) is 5.51. The van der Waals surface area contributed by atoms with Crippen LogP contribution in [0.2, 0.25) is 5.15 Å². The van der Waals surface area contributed by atoms with E-state index in [2.05, 4.69) is 9.97 Å². The Morgan fingerprint density at radius 1 is 1.27 bits per heavy atom. The fraction of sp³-hybridized carbons (Fsp3) is 0.318. The minimum atomic E-state index is -0.876. The minimum Gasteiger partial charge on any atom is -0.481 e. The maximum absolute atomic E-state index is 13.5. The molecule has 2 heterocycles. The highest BCUT2D eigenvalue weighted by Crippen LogP contribution is 2.34. The molecule has 0 aliphatic heterocycles. The molecule has 0 saturated heterocycles. The van der Waals surface area contributed by atoms with Crippen molar-refractivity contribution in [2.45, 2.75) is 45.3 Å². The zero-order valence-electron chi connectivity index (χ0n) is 17.0. The summed E-state index contributed by atoms with van der Waals surface area (Å²) in [6, 6.07) is 9.66. The van der Waals surface area contributed by atoms with Gasteiger partial charge in [-0.3, -0.25) is 4.98 Å². The van der Waals surface area contributed by atoms with Crippen molar-refractivity contribution in [2.24, 2.45) is 5.73 Å². The van der Waals surface area contributed by atoms with Crippen molar-refractivity contribution in [3.05, 3.63) is 53.6 Å². The first-order valence-electron chi connectivity index (χ1n) is 9.57. The second-order valence-corrected chi connectivity index (χ2v) is 7.78. The molecular weight excluding hydrogens is 409 g/mol. The second-order valence-electron chi connectivity index (χ2n) is 7.43. The summed E-state index contributed by atoms with van der Waals surface area (Å²) < 4.78 is 24.8. The highest BCUT2D eigenvalue weighted by molar-refractivity contribution is 6.31. The fourth-order valence-electron chi connectivity index (χ4n) is 3.29. The topological polar surface area (TPSA) is 87.3 Å². The Bertz CT molecular complexity index is 1070. The lowest BCUT2D eigenvalue weighted by Gasteiger charge is -2.34. The molecule has 1 atom stereocenters. The molecule has 158 valence electrons. The average molecular weight is 432 g/mol. The molecule has 0 aliphatic rings. The molecule has 6 nitrogen and oxygen atoms in total. The molecule has 0 radical (unpaired) electrons. The largest absolute Gasteiger partial charge is 0.481 e. The molecule has 0 aliphatic carbocycles. The highest BCUT2D eigenvalue weighted by Gasteiger charge is 2.34. The molecule has 0 bridgehead atoms. The summed E-state index contributed by atoms with van der Waals surface area (Å²) in [6.45, 7) is 5.57. The normalized spacial score (nSPS) is 12.6. The lowest BCUT2D eigenvalue weighted by molar-refractivity contribution is -0.0395. The Morgan fingerprint density at radius 3 is 2.70 bits per heavy atom. The van der Waals surface area contributed by atoms with Gasteiger partial charge in [0.2, 0.25) is 0 Å². The number of pyridine rings is 2. The lowest BCUT2D eigenvalue weighted by atomic mass is 9.97. The summed E-state index contributed by atoms with van der Waals surface area (Å²) >= 11 is 6.41. The standard InChI is InChI=1S/C22H23ClFN3O3/c1-4-5-19(29-21(25)28)22(2,3)30-18-9-8-16(27-20(18)23)15-10-11-26-17-12-13(24)6-7-14(15)17/h6-12,19H,4-5H2,1-3H3,(H2,25,28). The van der Waals surface area contributed by atoms with E-state index in [1.54, 1.807) is 44.3 Å². The highest BCUT2D eigenvalue weighted by atomic mass is 35.5. The molecule has 30 heavy (non-hydrogen) atoms. The van der Waals surface area contributed by atoms with Gasteiger partial charge in [-0.2, -0.15) is 0 Å². The Morgan fingerprint density at radius 2 is 2.03 bits per heavy atom. The molecule has 2 aromatic heterocycles. The van der Waals surface area contributed by atoms with Crippen molar-refractivity contribution in [3.63, 3.8) is 0 Å². The van der Waals surface area contributed by atoms with Crippen molar-refractivity contribution in [3.8, 4) is 17.0 Å². The molecule has 0 saturated carbocycles. The third-order valence-electron chi connectivity index (χ3n) is 4.75. The van der Waals surface area contributed by atoms with Crippen LogP contribution >= 0.6 is 11.6 Å². The van der Waals surface area contributed by atoms with Crippen LogP contribution in [0.1, 0.15) is 33.6 Å². The molecule has 1 unspecified atom stereocenters. The van der Waals surface area contributed by atoms with E-state index in [1.807, 2.05) is 6.92 Å². The molecule has 3 aromatic rings. The average Bonchev–Trinajstić information content (AvgIpc) is 2.68. The van der Waals surface area contributed by atoms with Gasteiger partial charge in [-0.05, 0) is 50.6 Å². The van der Waals surface area contributed by atoms with Gasteiger partial charge in [-0.25, -0.2) is 14.2 Å². The number of hydrogen-bond donors (Lipinski definition) is 1. The monoisotopic (exact) mass is 431 g/mol. The van der Waals surface area contributed by atoms with Gasteiger partial charge in [-0.1, -0.05) is 24.9 Å². The van der Waals surface area contributed by atoms with E-state index in [-0.39, 0.29) is 11.0 Å². The molecule has 3 rings (SSSR count). The smallest absolute Gasteiger partial charge is 0.404 e. The van der Waals surface area contributed by atoms with Crippen LogP contribution in [-0.2, 0) is 4.74 Å². The molecule has 1 amide bonds. The SMILES string of the molecule is CCCC(OC(N)=O)C(C)(C)Oc1ccc(-c2ccnc3cc(F)ccc23)nc1Cl. The van der Waals surface area contributed by atoms with Gasteiger partial charge in [0.1, 0.15) is 17.5 Å². The molecule has 0 spiro atoms. The van der Waals surface area contributed by atoms with Crippen molar-refractivity contribution < 1.29 is 18.7 Å². The zero-order chi connectivity index (χ0) is 21.9. The van der Waals surface area contributed by atoms with Crippen molar-refractivity contribution in [1.82, 2.24) is 9.97 Å². The summed E-state index contributed by atoms with van der Waals surface area (Å²) in [4.78, 5) is 19.9. The Kier molecular flexibility index (Phi) is 6.41. The fourth-order valence-corrected chi connectivity index (χ4v) is 3.48. The van der Waals surface area contributed by atoms with Crippen LogP contribution in [0, 0.1) is 5.82 Å². The van der Waals surface area contributed by atoms with Gasteiger partial charge in [0, 0.05) is 23.2 Å². The number of fused-ring (bicyclic) bond motifs is 1.